The van der Waals surface area contributed by atoms with E-state index in [2.05, 4.69) is 15.0 Å². The minimum atomic E-state index is 0.306. The Hall–Kier alpha value is -0.980. The van der Waals surface area contributed by atoms with Crippen molar-refractivity contribution >= 4 is 0 Å². The lowest BCUT2D eigenvalue weighted by atomic mass is 9.99. The number of hydrogen-bond donors (Lipinski definition) is 1. The average molecular weight is 254 g/mol. The van der Waals surface area contributed by atoms with Gasteiger partial charge in [0, 0.05) is 13.2 Å². The van der Waals surface area contributed by atoms with Gasteiger partial charge < -0.3 is 15.0 Å². The van der Waals surface area contributed by atoms with Crippen LogP contribution in [0.4, 0.5) is 0 Å². The third kappa shape index (κ3) is 3.76. The highest BCUT2D eigenvalue weighted by molar-refractivity contribution is 4.87. The number of nitrogens with two attached hydrogens (primary N) is 1. The molecule has 18 heavy (non-hydrogen) atoms. The van der Waals surface area contributed by atoms with E-state index in [1.54, 1.807) is 0 Å². The molecule has 2 N–H and O–H groups in total. The molecule has 0 radical (unpaired) electrons. The number of rotatable bonds is 6. The van der Waals surface area contributed by atoms with Gasteiger partial charge in [0.2, 0.25) is 5.89 Å². The molecule has 1 fully saturated rings. The largest absolute Gasteiger partial charge is 0.381 e. The van der Waals surface area contributed by atoms with Gasteiger partial charge in [-0.1, -0.05) is 5.16 Å². The summed E-state index contributed by atoms with van der Waals surface area (Å²) in [7, 11) is 0. The molecule has 1 aliphatic heterocycles. The lowest BCUT2D eigenvalue weighted by Gasteiger charge is -2.31. The van der Waals surface area contributed by atoms with Crippen molar-refractivity contribution in [2.24, 2.45) is 11.7 Å². The summed E-state index contributed by atoms with van der Waals surface area (Å²) < 4.78 is 10.5. The van der Waals surface area contributed by atoms with Crippen molar-refractivity contribution in [1.29, 1.82) is 0 Å². The van der Waals surface area contributed by atoms with Gasteiger partial charge in [-0.2, -0.15) is 4.98 Å². The molecule has 1 atom stereocenters. The Balaban J connectivity index is 1.81. The maximum Gasteiger partial charge on any atom is 0.240 e. The van der Waals surface area contributed by atoms with Gasteiger partial charge >= 0.3 is 0 Å². The van der Waals surface area contributed by atoms with E-state index in [4.69, 9.17) is 15.0 Å². The van der Waals surface area contributed by atoms with E-state index in [0.29, 0.717) is 18.4 Å². The summed E-state index contributed by atoms with van der Waals surface area (Å²) in [5.74, 6) is 1.86. The topological polar surface area (TPSA) is 77.4 Å². The number of ether oxygens (including phenoxy) is 1. The Labute approximate surface area is 107 Å². The van der Waals surface area contributed by atoms with E-state index >= 15 is 0 Å². The Bertz CT molecular complexity index is 356. The number of likely N-dealkylation sites (tertiary alicyclic amines) is 1. The number of piperidine rings is 1. The fraction of sp³-hybridized carbons (Fsp3) is 0.833. The van der Waals surface area contributed by atoms with E-state index in [9.17, 15) is 0 Å². The van der Waals surface area contributed by atoms with Crippen molar-refractivity contribution in [3.8, 4) is 0 Å². The van der Waals surface area contributed by atoms with E-state index in [0.717, 1.165) is 38.7 Å². The van der Waals surface area contributed by atoms with Gasteiger partial charge in [0.05, 0.1) is 19.7 Å². The minimum absolute atomic E-state index is 0.306. The zero-order valence-corrected chi connectivity index (χ0v) is 11.0. The molecular formula is C12H22N4O2. The Morgan fingerprint density at radius 3 is 3.17 bits per heavy atom. The number of aromatic nitrogens is 2. The van der Waals surface area contributed by atoms with Gasteiger partial charge in [-0.3, -0.25) is 4.90 Å². The zero-order chi connectivity index (χ0) is 12.8. The van der Waals surface area contributed by atoms with Gasteiger partial charge in [-0.15, -0.1) is 0 Å². The molecule has 0 aliphatic carbocycles. The van der Waals surface area contributed by atoms with Crippen molar-refractivity contribution in [3.05, 3.63) is 11.7 Å². The van der Waals surface area contributed by atoms with Crippen LogP contribution in [-0.4, -0.2) is 41.3 Å². The van der Waals surface area contributed by atoms with Crippen LogP contribution in [0.5, 0.6) is 0 Å². The van der Waals surface area contributed by atoms with Gasteiger partial charge in [0.1, 0.15) is 0 Å². The van der Waals surface area contributed by atoms with E-state index in [1.165, 1.54) is 12.8 Å². The van der Waals surface area contributed by atoms with Crippen LogP contribution in [0.15, 0.2) is 4.52 Å². The van der Waals surface area contributed by atoms with E-state index in [-0.39, 0.29) is 0 Å². The smallest absolute Gasteiger partial charge is 0.240 e. The second kappa shape index (κ2) is 6.82. The summed E-state index contributed by atoms with van der Waals surface area (Å²) in [4.78, 5) is 6.59. The van der Waals surface area contributed by atoms with Crippen LogP contribution in [0, 0.1) is 5.92 Å². The molecule has 0 aromatic carbocycles. The van der Waals surface area contributed by atoms with Crippen LogP contribution in [-0.2, 0) is 17.8 Å². The summed E-state index contributed by atoms with van der Waals surface area (Å²) in [5, 5.41) is 3.93. The van der Waals surface area contributed by atoms with Gasteiger partial charge in [-0.05, 0) is 32.2 Å². The maximum absolute atomic E-state index is 5.50. The van der Waals surface area contributed by atoms with Crippen molar-refractivity contribution in [3.63, 3.8) is 0 Å². The normalized spacial score (nSPS) is 21.3. The molecule has 1 aromatic rings. The predicted octanol–water partition coefficient (Wildman–Crippen LogP) is 0.777. The highest BCUT2D eigenvalue weighted by atomic mass is 16.5. The maximum atomic E-state index is 5.50. The van der Waals surface area contributed by atoms with Gasteiger partial charge in [0.15, 0.2) is 5.82 Å². The fourth-order valence-electron chi connectivity index (χ4n) is 2.35. The monoisotopic (exact) mass is 254 g/mol. The minimum Gasteiger partial charge on any atom is -0.381 e. The first-order valence-electron chi connectivity index (χ1n) is 6.63. The van der Waals surface area contributed by atoms with Crippen LogP contribution in [0.25, 0.3) is 0 Å². The standard InChI is InChI=1S/C12H22N4O2/c1-2-17-9-10-4-3-5-16(7-10)8-11-14-12(6-13)18-15-11/h10H,2-9,13H2,1H3. The van der Waals surface area contributed by atoms with Crippen molar-refractivity contribution in [2.75, 3.05) is 26.3 Å². The molecule has 0 spiro atoms. The summed E-state index contributed by atoms with van der Waals surface area (Å²) in [5.41, 5.74) is 5.45. The second-order valence-corrected chi connectivity index (χ2v) is 4.71. The zero-order valence-electron chi connectivity index (χ0n) is 11.0. The predicted molar refractivity (Wildman–Crippen MR) is 66.7 cm³/mol. The Morgan fingerprint density at radius 1 is 1.56 bits per heavy atom. The van der Waals surface area contributed by atoms with Gasteiger partial charge in [0.25, 0.3) is 0 Å². The number of nitrogens with zero attached hydrogens (tertiary/aromatic N) is 3. The number of hydrogen-bond acceptors (Lipinski definition) is 6. The van der Waals surface area contributed by atoms with Crippen molar-refractivity contribution in [1.82, 2.24) is 15.0 Å². The highest BCUT2D eigenvalue weighted by Gasteiger charge is 2.21. The molecule has 0 amide bonds. The molecule has 0 bridgehead atoms. The van der Waals surface area contributed by atoms with Crippen LogP contribution >= 0.6 is 0 Å². The average Bonchev–Trinajstić information content (AvgIpc) is 2.84. The Kier molecular flexibility index (Phi) is 5.10. The van der Waals surface area contributed by atoms with Crippen LogP contribution in [0.1, 0.15) is 31.5 Å². The van der Waals surface area contributed by atoms with Gasteiger partial charge in [-0.25, -0.2) is 0 Å². The summed E-state index contributed by atoms with van der Waals surface area (Å²) >= 11 is 0. The summed E-state index contributed by atoms with van der Waals surface area (Å²) in [6.07, 6.45) is 2.45. The van der Waals surface area contributed by atoms with Crippen molar-refractivity contribution in [2.45, 2.75) is 32.9 Å². The Morgan fingerprint density at radius 2 is 2.44 bits per heavy atom. The molecule has 6 nitrogen and oxygen atoms in total. The third-order valence-electron chi connectivity index (χ3n) is 3.21. The molecule has 1 aromatic heterocycles. The van der Waals surface area contributed by atoms with E-state index < -0.39 is 0 Å². The van der Waals surface area contributed by atoms with Crippen molar-refractivity contribution < 1.29 is 9.26 Å². The molecule has 2 rings (SSSR count). The second-order valence-electron chi connectivity index (χ2n) is 4.71. The van der Waals surface area contributed by atoms with Crippen LogP contribution in [0.2, 0.25) is 0 Å². The SMILES string of the molecule is CCOCC1CCCN(Cc2noc(CN)n2)C1. The highest BCUT2D eigenvalue weighted by Crippen LogP contribution is 2.18. The molecular weight excluding hydrogens is 232 g/mol. The molecule has 1 aliphatic rings. The summed E-state index contributed by atoms with van der Waals surface area (Å²) in [6.45, 7) is 6.87. The third-order valence-corrected chi connectivity index (χ3v) is 3.21. The lowest BCUT2D eigenvalue weighted by molar-refractivity contribution is 0.0636. The quantitative estimate of drug-likeness (QED) is 0.808. The fourth-order valence-corrected chi connectivity index (χ4v) is 2.35. The molecule has 102 valence electrons. The molecule has 1 unspecified atom stereocenters. The van der Waals surface area contributed by atoms with Crippen LogP contribution < -0.4 is 5.73 Å². The summed E-state index contributed by atoms with van der Waals surface area (Å²) in [6, 6.07) is 0. The lowest BCUT2D eigenvalue weighted by Crippen LogP contribution is -2.37. The first-order valence-corrected chi connectivity index (χ1v) is 6.63. The molecule has 6 heteroatoms. The van der Waals surface area contributed by atoms with Crippen LogP contribution in [0.3, 0.4) is 0 Å². The first kappa shape index (κ1) is 13.5. The molecule has 2 heterocycles. The first-order chi connectivity index (χ1) is 8.81. The van der Waals surface area contributed by atoms with E-state index in [1.807, 2.05) is 6.92 Å². The molecule has 1 saturated heterocycles. The molecule has 0 saturated carbocycles.